The third-order valence-electron chi connectivity index (χ3n) is 3.82. The van der Waals surface area contributed by atoms with Crippen molar-refractivity contribution in [3.63, 3.8) is 0 Å². The predicted molar refractivity (Wildman–Crippen MR) is 99.1 cm³/mol. The molecule has 0 spiro atoms. The number of rotatable bonds is 3. The van der Waals surface area contributed by atoms with E-state index in [2.05, 4.69) is 11.8 Å². The Bertz CT molecular complexity index is 903. The van der Waals surface area contributed by atoms with Gasteiger partial charge >= 0.3 is 5.97 Å². The summed E-state index contributed by atoms with van der Waals surface area (Å²) in [7, 11) is 0. The minimum absolute atomic E-state index is 0.316. The molecule has 25 heavy (non-hydrogen) atoms. The van der Waals surface area contributed by atoms with Crippen LogP contribution in [0.5, 0.6) is 0 Å². The highest BCUT2D eigenvalue weighted by molar-refractivity contribution is 5.92. The van der Waals surface area contributed by atoms with Crippen molar-refractivity contribution >= 4 is 5.97 Å². The Morgan fingerprint density at radius 2 is 1.40 bits per heavy atom. The Balaban J connectivity index is 1.81. The summed E-state index contributed by atoms with van der Waals surface area (Å²) < 4.78 is 5.61. The van der Waals surface area contributed by atoms with Crippen molar-refractivity contribution in [2.75, 3.05) is 0 Å². The Morgan fingerprint density at radius 1 is 0.800 bits per heavy atom. The normalized spacial score (nSPS) is 11.1. The number of esters is 1. The van der Waals surface area contributed by atoms with E-state index in [-0.39, 0.29) is 12.1 Å². The van der Waals surface area contributed by atoms with Gasteiger partial charge in [-0.25, -0.2) is 4.79 Å². The van der Waals surface area contributed by atoms with E-state index in [0.717, 1.165) is 11.1 Å². The highest BCUT2D eigenvalue weighted by atomic mass is 16.5. The van der Waals surface area contributed by atoms with Gasteiger partial charge in [-0.3, -0.25) is 0 Å². The third-order valence-corrected chi connectivity index (χ3v) is 3.82. The third kappa shape index (κ3) is 4.37. The largest absolute Gasteiger partial charge is 0.454 e. The summed E-state index contributed by atoms with van der Waals surface area (Å²) in [6, 6.07) is 26.6. The van der Waals surface area contributed by atoms with Gasteiger partial charge < -0.3 is 4.74 Å². The molecule has 0 aliphatic heterocycles. The van der Waals surface area contributed by atoms with Crippen LogP contribution in [0.3, 0.4) is 0 Å². The molecule has 0 bridgehead atoms. The fourth-order valence-electron chi connectivity index (χ4n) is 2.45. The number of benzene rings is 3. The van der Waals surface area contributed by atoms with E-state index < -0.39 is 0 Å². The fraction of sp³-hybridized carbons (Fsp3) is 0.0870. The van der Waals surface area contributed by atoms with Gasteiger partial charge in [-0.2, -0.15) is 0 Å². The number of carbonyl (C=O) groups is 1. The van der Waals surface area contributed by atoms with Gasteiger partial charge in [-0.05, 0) is 36.8 Å². The molecule has 3 aromatic carbocycles. The molecule has 0 saturated heterocycles. The molecule has 0 aliphatic carbocycles. The molecule has 0 heterocycles. The molecule has 2 nitrogen and oxygen atoms in total. The number of hydrogen-bond acceptors (Lipinski definition) is 2. The van der Waals surface area contributed by atoms with Gasteiger partial charge in [0.2, 0.25) is 0 Å². The zero-order valence-electron chi connectivity index (χ0n) is 14.0. The molecule has 0 unspecified atom stereocenters. The summed E-state index contributed by atoms with van der Waals surface area (Å²) in [6.07, 6.45) is -0.316. The first kappa shape index (κ1) is 16.5. The van der Waals surface area contributed by atoms with Crippen LogP contribution >= 0.6 is 0 Å². The van der Waals surface area contributed by atoms with Crippen molar-refractivity contribution in [2.45, 2.75) is 13.0 Å². The second kappa shape index (κ2) is 7.99. The van der Waals surface area contributed by atoms with Crippen molar-refractivity contribution < 1.29 is 9.53 Å². The zero-order valence-corrected chi connectivity index (χ0v) is 14.0. The van der Waals surface area contributed by atoms with E-state index >= 15 is 0 Å². The molecule has 3 aromatic rings. The lowest BCUT2D eigenvalue weighted by Crippen LogP contribution is -2.10. The van der Waals surface area contributed by atoms with E-state index in [9.17, 15) is 4.79 Å². The molecule has 0 amide bonds. The summed E-state index contributed by atoms with van der Waals surface area (Å²) >= 11 is 0. The number of ether oxygens (including phenoxy) is 1. The van der Waals surface area contributed by atoms with Crippen LogP contribution in [0.15, 0.2) is 84.9 Å². The molecule has 2 heteroatoms. The minimum Gasteiger partial charge on any atom is -0.454 e. The molecule has 122 valence electrons. The first-order chi connectivity index (χ1) is 12.2. The predicted octanol–water partition coefficient (Wildman–Crippen LogP) is 5.00. The van der Waals surface area contributed by atoms with Crippen molar-refractivity contribution in [2.24, 2.45) is 0 Å². The highest BCUT2D eigenvalue weighted by Gasteiger charge is 2.15. The monoisotopic (exact) mass is 326 g/mol. The molecule has 0 aromatic heterocycles. The molecule has 0 saturated carbocycles. The summed E-state index contributed by atoms with van der Waals surface area (Å²) in [5.41, 5.74) is 3.01. The van der Waals surface area contributed by atoms with Crippen LogP contribution < -0.4 is 0 Å². The number of hydrogen-bond donors (Lipinski definition) is 0. The van der Waals surface area contributed by atoms with Gasteiger partial charge in [0.15, 0.2) is 0 Å². The molecule has 0 aliphatic rings. The molecule has 0 fully saturated rings. The fourth-order valence-corrected chi connectivity index (χ4v) is 2.45. The maximum absolute atomic E-state index is 12.6. The maximum atomic E-state index is 12.6. The van der Waals surface area contributed by atoms with E-state index in [1.807, 2.05) is 85.8 Å². The van der Waals surface area contributed by atoms with Gasteiger partial charge in [-0.15, -0.1) is 0 Å². The average molecular weight is 326 g/mol. The van der Waals surface area contributed by atoms with Crippen LogP contribution in [0.2, 0.25) is 0 Å². The Morgan fingerprint density at radius 3 is 2.12 bits per heavy atom. The van der Waals surface area contributed by atoms with Gasteiger partial charge in [0.05, 0.1) is 5.56 Å². The van der Waals surface area contributed by atoms with Crippen LogP contribution in [0.25, 0.3) is 0 Å². The molecular formula is C23H18O2. The first-order valence-electron chi connectivity index (χ1n) is 8.16. The Labute approximate surface area is 148 Å². The van der Waals surface area contributed by atoms with Crippen LogP contribution in [0.1, 0.15) is 40.1 Å². The van der Waals surface area contributed by atoms with Gasteiger partial charge in [0.1, 0.15) is 6.10 Å². The van der Waals surface area contributed by atoms with Gasteiger partial charge in [0.25, 0.3) is 0 Å². The zero-order chi connectivity index (χ0) is 17.5. The van der Waals surface area contributed by atoms with Crippen LogP contribution in [0, 0.1) is 11.8 Å². The second-order valence-corrected chi connectivity index (χ2v) is 5.62. The van der Waals surface area contributed by atoms with Crippen molar-refractivity contribution in [3.05, 3.63) is 107 Å². The quantitative estimate of drug-likeness (QED) is 0.500. The molecular weight excluding hydrogens is 308 g/mol. The van der Waals surface area contributed by atoms with Gasteiger partial charge in [0, 0.05) is 11.1 Å². The summed E-state index contributed by atoms with van der Waals surface area (Å²) in [5.74, 6) is 5.79. The summed E-state index contributed by atoms with van der Waals surface area (Å²) in [4.78, 5) is 12.6. The Hall–Kier alpha value is -3.31. The van der Waals surface area contributed by atoms with E-state index in [0.29, 0.717) is 11.1 Å². The lowest BCUT2D eigenvalue weighted by Gasteiger charge is -2.14. The van der Waals surface area contributed by atoms with E-state index in [1.165, 1.54) is 0 Å². The number of carbonyl (C=O) groups excluding carboxylic acids is 1. The van der Waals surface area contributed by atoms with Crippen LogP contribution in [-0.2, 0) is 4.74 Å². The minimum atomic E-state index is -0.366. The van der Waals surface area contributed by atoms with Crippen molar-refractivity contribution in [3.8, 4) is 11.8 Å². The average Bonchev–Trinajstić information content (AvgIpc) is 2.68. The van der Waals surface area contributed by atoms with Gasteiger partial charge in [-0.1, -0.05) is 72.5 Å². The SMILES string of the molecule is C[C@H](OC(=O)c1ccccc1C#Cc1ccccc1)c1ccccc1. The summed E-state index contributed by atoms with van der Waals surface area (Å²) in [5, 5.41) is 0. The smallest absolute Gasteiger partial charge is 0.340 e. The lowest BCUT2D eigenvalue weighted by atomic mass is 10.1. The van der Waals surface area contributed by atoms with E-state index in [4.69, 9.17) is 4.74 Å². The Kier molecular flexibility index (Phi) is 5.29. The molecule has 1 atom stereocenters. The molecule has 0 N–H and O–H groups in total. The second-order valence-electron chi connectivity index (χ2n) is 5.62. The molecule has 0 radical (unpaired) electrons. The van der Waals surface area contributed by atoms with E-state index in [1.54, 1.807) is 6.07 Å². The molecule has 3 rings (SSSR count). The van der Waals surface area contributed by atoms with Crippen molar-refractivity contribution in [1.82, 2.24) is 0 Å². The van der Waals surface area contributed by atoms with Crippen LogP contribution in [0.4, 0.5) is 0 Å². The standard InChI is InChI=1S/C23H18O2/c1-18(20-12-6-3-7-13-20)25-23(24)22-15-9-8-14-21(22)17-16-19-10-4-2-5-11-19/h2-15,18H,1H3/t18-/m0/s1. The first-order valence-corrected chi connectivity index (χ1v) is 8.16. The van der Waals surface area contributed by atoms with Crippen molar-refractivity contribution in [1.29, 1.82) is 0 Å². The van der Waals surface area contributed by atoms with Crippen LogP contribution in [-0.4, -0.2) is 5.97 Å². The highest BCUT2D eigenvalue weighted by Crippen LogP contribution is 2.19. The lowest BCUT2D eigenvalue weighted by molar-refractivity contribution is 0.0337. The summed E-state index contributed by atoms with van der Waals surface area (Å²) in [6.45, 7) is 1.87. The maximum Gasteiger partial charge on any atom is 0.340 e. The topological polar surface area (TPSA) is 26.3 Å².